The van der Waals surface area contributed by atoms with Gasteiger partial charge < -0.3 is 4.74 Å². The van der Waals surface area contributed by atoms with Gasteiger partial charge in [-0.25, -0.2) is 13.1 Å². The highest BCUT2D eigenvalue weighted by molar-refractivity contribution is 7.90. The molecule has 4 nitrogen and oxygen atoms in total. The summed E-state index contributed by atoms with van der Waals surface area (Å²) >= 11 is 0. The number of sulfonamides is 1. The minimum atomic E-state index is -3.25. The van der Waals surface area contributed by atoms with Gasteiger partial charge in [0, 0.05) is 6.61 Å². The van der Waals surface area contributed by atoms with Gasteiger partial charge in [0.2, 0.25) is 10.0 Å². The zero-order valence-electron chi connectivity index (χ0n) is 13.5. The Balaban J connectivity index is 4.05. The van der Waals surface area contributed by atoms with Crippen molar-refractivity contribution < 1.29 is 13.2 Å². The van der Waals surface area contributed by atoms with Crippen LogP contribution in [0.2, 0.25) is 0 Å². The molecule has 0 rings (SSSR count). The minimum Gasteiger partial charge on any atom is -0.380 e. The monoisotopic (exact) mass is 293 g/mol. The van der Waals surface area contributed by atoms with Crippen molar-refractivity contribution in [3.8, 4) is 0 Å². The summed E-state index contributed by atoms with van der Waals surface area (Å²) in [6, 6.07) is 0. The molecule has 0 aromatic heterocycles. The molecule has 0 aliphatic heterocycles. The highest BCUT2D eigenvalue weighted by Crippen LogP contribution is 2.20. The second kappa shape index (κ2) is 7.04. The van der Waals surface area contributed by atoms with E-state index in [0.717, 1.165) is 12.8 Å². The smallest absolute Gasteiger partial charge is 0.214 e. The van der Waals surface area contributed by atoms with E-state index in [2.05, 4.69) is 25.5 Å². The lowest BCUT2D eigenvalue weighted by atomic mass is 9.91. The molecule has 116 valence electrons. The van der Waals surface area contributed by atoms with E-state index >= 15 is 0 Å². The third kappa shape index (κ3) is 9.41. The van der Waals surface area contributed by atoms with Gasteiger partial charge in [0.05, 0.1) is 17.4 Å². The van der Waals surface area contributed by atoms with E-state index in [1.807, 2.05) is 13.8 Å². The average Bonchev–Trinajstić information content (AvgIpc) is 2.12. The predicted molar refractivity (Wildman–Crippen MR) is 80.8 cm³/mol. The van der Waals surface area contributed by atoms with Crippen molar-refractivity contribution in [2.45, 2.75) is 72.1 Å². The van der Waals surface area contributed by atoms with E-state index in [9.17, 15) is 8.42 Å². The molecule has 19 heavy (non-hydrogen) atoms. The fraction of sp³-hybridized carbons (Fsp3) is 1.00. The first-order valence-corrected chi connectivity index (χ1v) is 8.51. The standard InChI is InChI=1S/C14H31NO3S/c1-12(2)19(16,17)15-14(6,7)11-18-10-8-9-13(3,4)5/h12,15H,8-11H2,1-7H3. The second-order valence-corrected chi connectivity index (χ2v) is 9.53. The van der Waals surface area contributed by atoms with E-state index in [0.29, 0.717) is 18.6 Å². The molecule has 5 heteroatoms. The molecule has 0 bridgehead atoms. The molecule has 0 aliphatic carbocycles. The van der Waals surface area contributed by atoms with Crippen molar-refractivity contribution in [1.29, 1.82) is 0 Å². The van der Waals surface area contributed by atoms with Crippen molar-refractivity contribution in [2.75, 3.05) is 13.2 Å². The Bertz CT molecular complexity index is 353. The highest BCUT2D eigenvalue weighted by Gasteiger charge is 2.27. The molecule has 0 aromatic rings. The molecule has 1 N–H and O–H groups in total. The third-order valence-corrected chi connectivity index (χ3v) is 4.80. The normalized spacial score (nSPS) is 14.1. The second-order valence-electron chi connectivity index (χ2n) is 7.30. The SMILES string of the molecule is CC(C)S(=O)(=O)NC(C)(C)COCCCC(C)(C)C. The Kier molecular flexibility index (Phi) is 7.00. The van der Waals surface area contributed by atoms with Crippen LogP contribution in [0.3, 0.4) is 0 Å². The topological polar surface area (TPSA) is 55.4 Å². The minimum absolute atomic E-state index is 0.318. The maximum absolute atomic E-state index is 11.8. The fourth-order valence-corrected chi connectivity index (χ4v) is 2.63. The van der Waals surface area contributed by atoms with Gasteiger partial charge in [-0.1, -0.05) is 20.8 Å². The predicted octanol–water partition coefficient (Wildman–Crippen LogP) is 2.94. The van der Waals surface area contributed by atoms with Gasteiger partial charge in [-0.3, -0.25) is 0 Å². The van der Waals surface area contributed by atoms with Gasteiger partial charge in [0.15, 0.2) is 0 Å². The van der Waals surface area contributed by atoms with Crippen LogP contribution in [0.25, 0.3) is 0 Å². The van der Waals surface area contributed by atoms with Crippen LogP contribution < -0.4 is 4.72 Å². The van der Waals surface area contributed by atoms with E-state index in [1.54, 1.807) is 13.8 Å². The van der Waals surface area contributed by atoms with Gasteiger partial charge >= 0.3 is 0 Å². The zero-order chi connectivity index (χ0) is 15.3. The van der Waals surface area contributed by atoms with Crippen LogP contribution >= 0.6 is 0 Å². The number of nitrogens with one attached hydrogen (secondary N) is 1. The number of ether oxygens (including phenoxy) is 1. The van der Waals surface area contributed by atoms with Crippen molar-refractivity contribution in [2.24, 2.45) is 5.41 Å². The lowest BCUT2D eigenvalue weighted by molar-refractivity contribution is 0.0835. The molecule has 0 saturated heterocycles. The molecule has 0 spiro atoms. The summed E-state index contributed by atoms with van der Waals surface area (Å²) in [6.07, 6.45) is 2.10. The molecule has 0 fully saturated rings. The van der Waals surface area contributed by atoms with Crippen LogP contribution in [0, 0.1) is 5.41 Å². The Morgan fingerprint density at radius 2 is 1.63 bits per heavy atom. The number of hydrogen-bond acceptors (Lipinski definition) is 3. The summed E-state index contributed by atoms with van der Waals surface area (Å²) in [4.78, 5) is 0. The Morgan fingerprint density at radius 3 is 2.05 bits per heavy atom. The number of hydrogen-bond donors (Lipinski definition) is 1. The van der Waals surface area contributed by atoms with Crippen molar-refractivity contribution in [3.05, 3.63) is 0 Å². The molecule has 0 amide bonds. The van der Waals surface area contributed by atoms with Crippen LogP contribution in [0.15, 0.2) is 0 Å². The van der Waals surface area contributed by atoms with E-state index in [1.165, 1.54) is 0 Å². The van der Waals surface area contributed by atoms with Crippen molar-refractivity contribution >= 4 is 10.0 Å². The summed E-state index contributed by atoms with van der Waals surface area (Å²) in [5.41, 5.74) is -0.247. The molecular formula is C14H31NO3S. The Hall–Kier alpha value is -0.130. The molecule has 0 radical (unpaired) electrons. The van der Waals surface area contributed by atoms with Crippen LogP contribution in [-0.4, -0.2) is 32.4 Å². The van der Waals surface area contributed by atoms with Gasteiger partial charge in [-0.2, -0.15) is 0 Å². The Labute approximate surface area is 119 Å². The van der Waals surface area contributed by atoms with Gasteiger partial charge in [0.25, 0.3) is 0 Å². The first-order chi connectivity index (χ1) is 8.36. The maximum Gasteiger partial charge on any atom is 0.214 e. The van der Waals surface area contributed by atoms with Gasteiger partial charge in [0.1, 0.15) is 0 Å². The van der Waals surface area contributed by atoms with E-state index in [-0.39, 0.29) is 0 Å². The third-order valence-electron chi connectivity index (χ3n) is 2.72. The molecule has 0 heterocycles. The van der Waals surface area contributed by atoms with E-state index in [4.69, 9.17) is 4.74 Å². The molecule has 0 aromatic carbocycles. The summed E-state index contributed by atoms with van der Waals surface area (Å²) in [5.74, 6) is 0. The number of rotatable bonds is 8. The average molecular weight is 293 g/mol. The molecular weight excluding hydrogens is 262 g/mol. The summed E-state index contributed by atoms with van der Waals surface area (Å²) in [6.45, 7) is 14.7. The first kappa shape index (κ1) is 18.9. The summed E-state index contributed by atoms with van der Waals surface area (Å²) in [5, 5.41) is -0.423. The lowest BCUT2D eigenvalue weighted by Crippen LogP contribution is -2.49. The zero-order valence-corrected chi connectivity index (χ0v) is 14.4. The molecule has 0 atom stereocenters. The van der Waals surface area contributed by atoms with Crippen LogP contribution in [0.5, 0.6) is 0 Å². The molecule has 0 aliphatic rings. The Morgan fingerprint density at radius 1 is 1.11 bits per heavy atom. The largest absolute Gasteiger partial charge is 0.380 e. The molecule has 0 saturated carbocycles. The van der Waals surface area contributed by atoms with Gasteiger partial charge in [-0.15, -0.1) is 0 Å². The quantitative estimate of drug-likeness (QED) is 0.700. The summed E-state index contributed by atoms with van der Waals surface area (Å²) in [7, 11) is -3.25. The maximum atomic E-state index is 11.8. The first-order valence-electron chi connectivity index (χ1n) is 6.96. The molecule has 0 unspecified atom stereocenters. The fourth-order valence-electron chi connectivity index (χ4n) is 1.56. The van der Waals surface area contributed by atoms with E-state index < -0.39 is 20.8 Å². The van der Waals surface area contributed by atoms with Crippen molar-refractivity contribution in [1.82, 2.24) is 4.72 Å². The van der Waals surface area contributed by atoms with Crippen molar-refractivity contribution in [3.63, 3.8) is 0 Å². The highest BCUT2D eigenvalue weighted by atomic mass is 32.2. The van der Waals surface area contributed by atoms with Crippen LogP contribution in [-0.2, 0) is 14.8 Å². The van der Waals surface area contributed by atoms with Crippen LogP contribution in [0.4, 0.5) is 0 Å². The van der Waals surface area contributed by atoms with Crippen LogP contribution in [0.1, 0.15) is 61.3 Å². The summed E-state index contributed by atoms with van der Waals surface area (Å²) < 4.78 is 31.9. The van der Waals surface area contributed by atoms with Gasteiger partial charge in [-0.05, 0) is 46.0 Å². The lowest BCUT2D eigenvalue weighted by Gasteiger charge is -2.27.